The smallest absolute Gasteiger partial charge is 0.132 e. The first-order chi connectivity index (χ1) is 38.4. The minimum absolute atomic E-state index is 0.787. The van der Waals surface area contributed by atoms with E-state index in [0.717, 1.165) is 98.1 Å². The number of aryl methyl sites for hydroxylation is 2. The van der Waals surface area contributed by atoms with Crippen molar-refractivity contribution in [3.63, 3.8) is 0 Å². The lowest BCUT2D eigenvalue weighted by molar-refractivity contribution is 0.414. The minimum atomic E-state index is -0.787. The van der Waals surface area contributed by atoms with Crippen LogP contribution in [0.4, 0.5) is 34.1 Å². The zero-order valence-electron chi connectivity index (χ0n) is 44.4. The lowest BCUT2D eigenvalue weighted by Gasteiger charge is -2.40. The summed E-state index contributed by atoms with van der Waals surface area (Å²) in [6.45, 7) is 6.09. The molecule has 14 rings (SSSR count). The van der Waals surface area contributed by atoms with E-state index in [0.29, 0.717) is 0 Å². The molecule has 9 heteroatoms. The van der Waals surface area contributed by atoms with Gasteiger partial charge in [-0.2, -0.15) is 0 Å². The molecule has 2 aliphatic rings. The summed E-state index contributed by atoms with van der Waals surface area (Å²) in [5.74, 6) is 4.11. The Bertz CT molecular complexity index is 4070. The van der Waals surface area contributed by atoms with E-state index in [9.17, 15) is 0 Å². The normalized spacial score (nSPS) is 12.8. The van der Waals surface area contributed by atoms with Crippen molar-refractivity contribution in [2.45, 2.75) is 37.2 Å². The lowest BCUT2D eigenvalue weighted by Crippen LogP contribution is -2.32. The average Bonchev–Trinajstić information content (AvgIpc) is 4.30. The number of hydrogen-bond donors (Lipinski definition) is 0. The maximum absolute atomic E-state index is 6.92. The van der Waals surface area contributed by atoms with Gasteiger partial charge in [-0.1, -0.05) is 66.7 Å². The van der Waals surface area contributed by atoms with Gasteiger partial charge in [0.15, 0.2) is 0 Å². The maximum atomic E-state index is 6.92. The molecule has 382 valence electrons. The number of para-hydroxylation sites is 2. The molecule has 12 aromatic rings. The molecular weight excluding hydrogens is 981 g/mol. The molecule has 1 spiro atoms. The highest BCUT2D eigenvalue weighted by atomic mass is 32.2. The van der Waals surface area contributed by atoms with Gasteiger partial charge in [0.05, 0.1) is 48.8 Å². The Morgan fingerprint density at radius 1 is 0.397 bits per heavy atom. The van der Waals surface area contributed by atoms with Crippen molar-refractivity contribution in [2.24, 2.45) is 0 Å². The third-order valence-corrected chi connectivity index (χ3v) is 17.1. The number of benzene rings is 10. The van der Waals surface area contributed by atoms with Crippen LogP contribution in [-0.4, -0.2) is 36.7 Å². The molecule has 0 atom stereocenters. The van der Waals surface area contributed by atoms with E-state index >= 15 is 0 Å². The van der Waals surface area contributed by atoms with Crippen LogP contribution >= 0.6 is 11.8 Å². The zero-order chi connectivity index (χ0) is 52.8. The van der Waals surface area contributed by atoms with E-state index in [1.54, 1.807) is 33.1 Å². The third-order valence-electron chi connectivity index (χ3n) is 16.3. The number of methoxy groups -OCH3 is 3. The van der Waals surface area contributed by atoms with Gasteiger partial charge in [-0.15, -0.1) is 11.8 Å². The Balaban J connectivity index is 1.01. The average molecular weight is 1040 g/mol. The van der Waals surface area contributed by atoms with Crippen molar-refractivity contribution in [3.8, 4) is 39.9 Å². The second-order valence-electron chi connectivity index (χ2n) is 20.0. The molecule has 0 bridgehead atoms. The molecule has 0 saturated carbocycles. The molecule has 0 unspecified atom stereocenters. The first kappa shape index (κ1) is 47.4. The number of rotatable bonds is 12. The molecule has 0 fully saturated rings. The van der Waals surface area contributed by atoms with Gasteiger partial charge in [-0.3, -0.25) is 0 Å². The summed E-state index contributed by atoms with van der Waals surface area (Å²) in [5.41, 5.74) is 17.0. The minimum Gasteiger partial charge on any atom is -0.497 e. The van der Waals surface area contributed by atoms with Crippen molar-refractivity contribution in [2.75, 3.05) is 37.4 Å². The van der Waals surface area contributed by atoms with Crippen molar-refractivity contribution in [3.05, 3.63) is 229 Å². The number of anilines is 6. The number of nitrogens with zero attached hydrogens (tertiary/aromatic N) is 4. The van der Waals surface area contributed by atoms with Crippen LogP contribution in [0.1, 0.15) is 36.1 Å². The van der Waals surface area contributed by atoms with Crippen molar-refractivity contribution in [1.82, 2.24) is 9.13 Å². The standard InChI is InChI=1S/C69H56N4O4S/c1-7-70-63-39-47(23-33-55(63)57-35-29-51(76-5)41-65(57)70)72(43-17-25-49(74-3)26-18-43)45-21-31-53-54-32-22-46(38-62(54)69(61(53)37-45)59-13-9-11-15-67(59)77-68-16-12-10-14-60(68)69)73(44-19-27-50(75-4)28-20-44)48-24-34-56-58-36-30-52(78-6)42-66(58)71(8-2)64(56)40-48/h9-42H,7-8H2,1-6H3. The van der Waals surface area contributed by atoms with Crippen LogP contribution in [0.15, 0.2) is 211 Å². The van der Waals surface area contributed by atoms with Gasteiger partial charge in [0, 0.05) is 90.8 Å². The predicted molar refractivity (Wildman–Crippen MR) is 322 cm³/mol. The lowest BCUT2D eigenvalue weighted by atomic mass is 9.66. The monoisotopic (exact) mass is 1040 g/mol. The van der Waals surface area contributed by atoms with E-state index in [2.05, 4.69) is 233 Å². The summed E-state index contributed by atoms with van der Waals surface area (Å²) in [6, 6.07) is 75.2. The van der Waals surface area contributed by atoms with Gasteiger partial charge >= 0.3 is 0 Å². The Morgan fingerprint density at radius 2 is 0.782 bits per heavy atom. The highest BCUT2D eigenvalue weighted by molar-refractivity contribution is 7.98. The third kappa shape index (κ3) is 7.07. The van der Waals surface area contributed by atoms with Gasteiger partial charge in [0.25, 0.3) is 0 Å². The number of fused-ring (bicyclic) bond motifs is 15. The van der Waals surface area contributed by atoms with Crippen molar-refractivity contribution < 1.29 is 18.9 Å². The van der Waals surface area contributed by atoms with Gasteiger partial charge in [-0.05, 0) is 176 Å². The molecule has 8 nitrogen and oxygen atoms in total. The van der Waals surface area contributed by atoms with Gasteiger partial charge < -0.3 is 37.9 Å². The SMILES string of the molecule is CCn1c2cc(OC)ccc2c2ccc(N(c3ccc(OC)cc3)c3ccc4c(c3)C3(c5ccccc5Oc5ccccc53)c3cc(N(c5ccc(OC)cc5)c5ccc6c7ccc(SC)cc7n(CC)c6c5)ccc3-4)cc21. The molecule has 78 heavy (non-hydrogen) atoms. The van der Waals surface area contributed by atoms with Crippen molar-refractivity contribution in [1.29, 1.82) is 0 Å². The molecule has 1 aliphatic carbocycles. The Kier molecular flexibility index (Phi) is 11.3. The molecule has 0 N–H and O–H groups in total. The van der Waals surface area contributed by atoms with E-state index in [-0.39, 0.29) is 0 Å². The summed E-state index contributed by atoms with van der Waals surface area (Å²) < 4.78 is 28.9. The quantitative estimate of drug-likeness (QED) is 0.113. The van der Waals surface area contributed by atoms with Crippen LogP contribution in [0.25, 0.3) is 54.7 Å². The van der Waals surface area contributed by atoms with Gasteiger partial charge in [0.1, 0.15) is 28.7 Å². The van der Waals surface area contributed by atoms with E-state index in [1.165, 1.54) is 59.7 Å². The first-order valence-electron chi connectivity index (χ1n) is 26.6. The summed E-state index contributed by atoms with van der Waals surface area (Å²) >= 11 is 1.78. The zero-order valence-corrected chi connectivity index (χ0v) is 45.2. The van der Waals surface area contributed by atoms with Crippen LogP contribution in [0.3, 0.4) is 0 Å². The number of ether oxygens (including phenoxy) is 4. The Labute approximate surface area is 458 Å². The second-order valence-corrected chi connectivity index (χ2v) is 20.9. The summed E-state index contributed by atoms with van der Waals surface area (Å²) in [7, 11) is 5.17. The molecule has 1 aliphatic heterocycles. The molecule has 10 aromatic carbocycles. The highest BCUT2D eigenvalue weighted by Gasteiger charge is 2.51. The molecule has 2 aromatic heterocycles. The van der Waals surface area contributed by atoms with Crippen LogP contribution in [-0.2, 0) is 18.5 Å². The topological polar surface area (TPSA) is 53.3 Å². The molecule has 0 amide bonds. The first-order valence-corrected chi connectivity index (χ1v) is 27.8. The summed E-state index contributed by atoms with van der Waals surface area (Å²) in [4.78, 5) is 6.04. The van der Waals surface area contributed by atoms with Crippen LogP contribution < -0.4 is 28.7 Å². The molecule has 0 radical (unpaired) electrons. The Morgan fingerprint density at radius 3 is 1.24 bits per heavy atom. The van der Waals surface area contributed by atoms with Gasteiger partial charge in [-0.25, -0.2) is 0 Å². The summed E-state index contributed by atoms with van der Waals surface area (Å²) in [6.07, 6.45) is 2.14. The number of hydrogen-bond acceptors (Lipinski definition) is 7. The fourth-order valence-electron chi connectivity index (χ4n) is 12.9. The largest absolute Gasteiger partial charge is 0.497 e. The van der Waals surface area contributed by atoms with E-state index in [1.807, 2.05) is 12.1 Å². The maximum Gasteiger partial charge on any atom is 0.132 e. The van der Waals surface area contributed by atoms with Crippen LogP contribution in [0, 0.1) is 0 Å². The van der Waals surface area contributed by atoms with Crippen LogP contribution in [0.2, 0.25) is 0 Å². The van der Waals surface area contributed by atoms with Gasteiger partial charge in [0.2, 0.25) is 0 Å². The van der Waals surface area contributed by atoms with Crippen LogP contribution in [0.5, 0.6) is 28.7 Å². The number of aromatic nitrogens is 2. The van der Waals surface area contributed by atoms with E-state index in [4.69, 9.17) is 18.9 Å². The fourth-order valence-corrected chi connectivity index (χ4v) is 13.3. The molecular formula is C69H56N4O4S. The summed E-state index contributed by atoms with van der Waals surface area (Å²) in [5, 5.41) is 4.90. The molecule has 3 heterocycles. The molecule has 0 saturated heterocycles. The fraction of sp³-hybridized carbons (Fsp3) is 0.130. The van der Waals surface area contributed by atoms with Crippen molar-refractivity contribution >= 4 is 89.5 Å². The second kappa shape index (κ2) is 18.6. The predicted octanol–water partition coefficient (Wildman–Crippen LogP) is 18.1. The number of thioether (sulfide) groups is 1. The van der Waals surface area contributed by atoms with E-state index < -0.39 is 5.41 Å². The Hall–Kier alpha value is -9.05. The highest BCUT2D eigenvalue weighted by Crippen LogP contribution is 2.63.